The quantitative estimate of drug-likeness (QED) is 0.539. The lowest BCUT2D eigenvalue weighted by molar-refractivity contribution is -0.139. The number of halogens is 3. The molecule has 0 fully saturated rings. The minimum absolute atomic E-state index is 0.144. The third-order valence-corrected chi connectivity index (χ3v) is 5.79. The molecule has 2 rings (SSSR count). The molecule has 11 heteroatoms. The van der Waals surface area contributed by atoms with Gasteiger partial charge in [-0.15, -0.1) is 0 Å². The Bertz CT molecular complexity index is 1080. The molecule has 0 aliphatic heterocycles. The predicted molar refractivity (Wildman–Crippen MR) is 113 cm³/mol. The first-order chi connectivity index (χ1) is 14.7. The van der Waals surface area contributed by atoms with Gasteiger partial charge in [-0.3, -0.25) is 9.59 Å². The van der Waals surface area contributed by atoms with Crippen LogP contribution in [-0.4, -0.2) is 33.3 Å². The Morgan fingerprint density at radius 2 is 1.50 bits per heavy atom. The molecule has 0 saturated heterocycles. The van der Waals surface area contributed by atoms with Crippen molar-refractivity contribution in [3.05, 3.63) is 59.7 Å². The summed E-state index contributed by atoms with van der Waals surface area (Å²) in [4.78, 5) is 23.3. The van der Waals surface area contributed by atoms with Gasteiger partial charge in [-0.1, -0.05) is 32.9 Å². The number of benzene rings is 2. The molecule has 3 N–H and O–H groups in total. The highest BCUT2D eigenvalue weighted by atomic mass is 32.2. The first-order valence-corrected chi connectivity index (χ1v) is 11.1. The fourth-order valence-corrected chi connectivity index (χ4v) is 3.76. The minimum Gasteiger partial charge on any atom is -0.351 e. The average molecular weight is 472 g/mol. The Kier molecular flexibility index (Phi) is 7.68. The van der Waals surface area contributed by atoms with Crippen LogP contribution in [0.15, 0.2) is 53.4 Å². The zero-order valence-corrected chi connectivity index (χ0v) is 18.5. The van der Waals surface area contributed by atoms with E-state index in [0.717, 1.165) is 12.1 Å². The van der Waals surface area contributed by atoms with Crippen molar-refractivity contribution in [1.29, 1.82) is 0 Å². The highest BCUT2D eigenvalue weighted by molar-refractivity contribution is 7.89. The average Bonchev–Trinajstić information content (AvgIpc) is 2.70. The second kappa shape index (κ2) is 9.70. The first-order valence-electron chi connectivity index (χ1n) is 9.57. The molecule has 2 aromatic rings. The fraction of sp³-hybridized carbons (Fsp3) is 0.333. The van der Waals surface area contributed by atoms with E-state index in [0.29, 0.717) is 11.8 Å². The molecule has 0 heterocycles. The highest BCUT2D eigenvalue weighted by Gasteiger charge is 2.36. The van der Waals surface area contributed by atoms with Crippen molar-refractivity contribution in [3.8, 4) is 0 Å². The van der Waals surface area contributed by atoms with Crippen LogP contribution in [0.1, 0.15) is 36.7 Å². The summed E-state index contributed by atoms with van der Waals surface area (Å²) >= 11 is 0. The first kappa shape index (κ1) is 25.3. The van der Waals surface area contributed by atoms with Gasteiger partial charge in [0.1, 0.15) is 0 Å². The van der Waals surface area contributed by atoms with Gasteiger partial charge in [-0.25, -0.2) is 13.1 Å². The predicted octanol–water partition coefficient (Wildman–Crippen LogP) is 3.40. The summed E-state index contributed by atoms with van der Waals surface area (Å²) in [5, 5.41) is 5.20. The molecule has 0 unspecified atom stereocenters. The lowest BCUT2D eigenvalue weighted by Crippen LogP contribution is -2.35. The maximum absolute atomic E-state index is 13.0. The molecule has 0 aliphatic rings. The Balaban J connectivity index is 1.92. The minimum atomic E-state index is -4.82. The summed E-state index contributed by atoms with van der Waals surface area (Å²) in [5.41, 5.74) is -1.07. The summed E-state index contributed by atoms with van der Waals surface area (Å²) in [7, 11) is -4.43. The smallest absolute Gasteiger partial charge is 0.351 e. The third-order valence-electron chi connectivity index (χ3n) is 4.27. The van der Waals surface area contributed by atoms with Crippen LogP contribution in [0, 0.1) is 5.41 Å². The summed E-state index contributed by atoms with van der Waals surface area (Å²) < 4.78 is 65.7. The normalized spacial score (nSPS) is 12.3. The molecule has 0 radical (unpaired) electrons. The Hall–Kier alpha value is -2.92. The number of carbonyl (C=O) groups excluding carboxylic acids is 2. The molecule has 7 nitrogen and oxygen atoms in total. The van der Waals surface area contributed by atoms with Crippen LogP contribution in [-0.2, 0) is 21.0 Å². The number of amides is 2. The number of alkyl halides is 3. The topological polar surface area (TPSA) is 104 Å². The van der Waals surface area contributed by atoms with Gasteiger partial charge in [0.2, 0.25) is 15.9 Å². The van der Waals surface area contributed by atoms with E-state index in [1.54, 1.807) is 32.9 Å². The molecule has 0 aromatic heterocycles. The van der Waals surface area contributed by atoms with Gasteiger partial charge < -0.3 is 10.6 Å². The number of anilines is 1. The van der Waals surface area contributed by atoms with Crippen LogP contribution in [0.3, 0.4) is 0 Å². The fourth-order valence-electron chi connectivity index (χ4n) is 2.50. The number of sulfonamides is 1. The largest absolute Gasteiger partial charge is 0.417 e. The summed E-state index contributed by atoms with van der Waals surface area (Å²) in [6.07, 6.45) is -4.82. The van der Waals surface area contributed by atoms with E-state index in [1.165, 1.54) is 18.2 Å². The number of hydrogen-bond acceptors (Lipinski definition) is 4. The summed E-state index contributed by atoms with van der Waals surface area (Å²) in [6, 6.07) is 9.91. The lowest BCUT2D eigenvalue weighted by Gasteiger charge is -2.17. The van der Waals surface area contributed by atoms with E-state index in [1.807, 2.05) is 4.72 Å². The second-order valence-corrected chi connectivity index (χ2v) is 9.66. The highest BCUT2D eigenvalue weighted by Crippen LogP contribution is 2.33. The van der Waals surface area contributed by atoms with Gasteiger partial charge in [0.15, 0.2) is 0 Å². The molecule has 0 saturated carbocycles. The van der Waals surface area contributed by atoms with Gasteiger partial charge in [0, 0.05) is 29.8 Å². The molecule has 0 aliphatic carbocycles. The Labute approximate surface area is 184 Å². The maximum atomic E-state index is 13.0. The van der Waals surface area contributed by atoms with Crippen molar-refractivity contribution >= 4 is 27.5 Å². The number of hydrogen-bond donors (Lipinski definition) is 3. The SMILES string of the molecule is CC(C)(C)C(=O)Nc1ccc(C(=O)NCCNS(=O)(=O)c2ccccc2C(F)(F)F)cc1. The summed E-state index contributed by atoms with van der Waals surface area (Å²) in [5.74, 6) is -0.692. The monoisotopic (exact) mass is 471 g/mol. The van der Waals surface area contributed by atoms with Gasteiger partial charge in [0.05, 0.1) is 10.5 Å². The van der Waals surface area contributed by atoms with Crippen molar-refractivity contribution < 1.29 is 31.2 Å². The molecule has 0 spiro atoms. The molecular weight excluding hydrogens is 447 g/mol. The zero-order valence-electron chi connectivity index (χ0n) is 17.7. The molecule has 174 valence electrons. The van der Waals surface area contributed by atoms with Crippen molar-refractivity contribution in [2.45, 2.75) is 31.8 Å². The van der Waals surface area contributed by atoms with Crippen LogP contribution in [0.4, 0.5) is 18.9 Å². The van der Waals surface area contributed by atoms with Crippen molar-refractivity contribution in [2.75, 3.05) is 18.4 Å². The van der Waals surface area contributed by atoms with E-state index < -0.39 is 38.0 Å². The molecule has 32 heavy (non-hydrogen) atoms. The van der Waals surface area contributed by atoms with E-state index in [9.17, 15) is 31.2 Å². The maximum Gasteiger partial charge on any atom is 0.417 e. The van der Waals surface area contributed by atoms with E-state index >= 15 is 0 Å². The number of rotatable bonds is 7. The van der Waals surface area contributed by atoms with E-state index in [-0.39, 0.29) is 24.6 Å². The van der Waals surface area contributed by atoms with Gasteiger partial charge in [0.25, 0.3) is 5.91 Å². The van der Waals surface area contributed by atoms with E-state index in [2.05, 4.69) is 10.6 Å². The van der Waals surface area contributed by atoms with Crippen LogP contribution in [0.25, 0.3) is 0 Å². The lowest BCUT2D eigenvalue weighted by atomic mass is 9.95. The van der Waals surface area contributed by atoms with Crippen LogP contribution in [0.2, 0.25) is 0 Å². The Morgan fingerprint density at radius 1 is 0.906 bits per heavy atom. The van der Waals surface area contributed by atoms with Gasteiger partial charge in [-0.05, 0) is 36.4 Å². The molecule has 0 atom stereocenters. The zero-order chi connectivity index (χ0) is 24.2. The number of nitrogens with one attached hydrogen (secondary N) is 3. The van der Waals surface area contributed by atoms with E-state index in [4.69, 9.17) is 0 Å². The van der Waals surface area contributed by atoms with Crippen molar-refractivity contribution in [1.82, 2.24) is 10.0 Å². The molecular formula is C21H24F3N3O4S. The molecule has 2 aromatic carbocycles. The molecule has 0 bridgehead atoms. The van der Waals surface area contributed by atoms with Crippen LogP contribution in [0.5, 0.6) is 0 Å². The van der Waals surface area contributed by atoms with Crippen molar-refractivity contribution in [3.63, 3.8) is 0 Å². The van der Waals surface area contributed by atoms with Gasteiger partial charge >= 0.3 is 6.18 Å². The standard InChI is InChI=1S/C21H24F3N3O4S/c1-20(2,3)19(29)27-15-10-8-14(9-11-15)18(28)25-12-13-26-32(30,31)17-7-5-4-6-16(17)21(22,23)24/h4-11,26H,12-13H2,1-3H3,(H,25,28)(H,27,29). The third kappa shape index (κ3) is 6.79. The van der Waals surface area contributed by atoms with Gasteiger partial charge in [-0.2, -0.15) is 13.2 Å². The number of carbonyl (C=O) groups is 2. The Morgan fingerprint density at radius 3 is 2.06 bits per heavy atom. The van der Waals surface area contributed by atoms with Crippen molar-refractivity contribution in [2.24, 2.45) is 5.41 Å². The summed E-state index contributed by atoms with van der Waals surface area (Å²) in [6.45, 7) is 4.84. The van der Waals surface area contributed by atoms with Crippen LogP contribution < -0.4 is 15.4 Å². The molecule has 2 amide bonds. The van der Waals surface area contributed by atoms with Crippen LogP contribution >= 0.6 is 0 Å². The second-order valence-electron chi connectivity index (χ2n) is 7.93.